The van der Waals surface area contributed by atoms with Crippen molar-refractivity contribution in [2.75, 3.05) is 11.0 Å². The van der Waals surface area contributed by atoms with Crippen molar-refractivity contribution >= 4 is 32.4 Å². The minimum atomic E-state index is -3.49. The van der Waals surface area contributed by atoms with Gasteiger partial charge in [0.05, 0.1) is 6.26 Å². The highest BCUT2D eigenvalue weighted by Crippen LogP contribution is 2.31. The first-order valence-electron chi connectivity index (χ1n) is 8.55. The lowest BCUT2D eigenvalue weighted by Crippen LogP contribution is -2.11. The molecular formula is C21H17N3O3S. The molecule has 0 aliphatic heterocycles. The fourth-order valence-electron chi connectivity index (χ4n) is 3.19. The van der Waals surface area contributed by atoms with E-state index in [1.165, 1.54) is 12.3 Å². The molecule has 4 aromatic rings. The second-order valence-corrected chi connectivity index (χ2v) is 8.24. The zero-order valence-corrected chi connectivity index (χ0v) is 15.8. The van der Waals surface area contributed by atoms with Gasteiger partial charge in [0.2, 0.25) is 10.0 Å². The second-order valence-electron chi connectivity index (χ2n) is 6.49. The van der Waals surface area contributed by atoms with Crippen molar-refractivity contribution in [1.29, 1.82) is 0 Å². The van der Waals surface area contributed by atoms with Crippen LogP contribution in [0.25, 0.3) is 22.0 Å². The summed E-state index contributed by atoms with van der Waals surface area (Å²) in [5.74, 6) is -0.229. The van der Waals surface area contributed by atoms with E-state index in [1.54, 1.807) is 30.5 Å². The number of aromatic nitrogens is 2. The summed E-state index contributed by atoms with van der Waals surface area (Å²) in [6.45, 7) is 0. The van der Waals surface area contributed by atoms with Crippen LogP contribution in [0.15, 0.2) is 73.2 Å². The molecule has 4 rings (SSSR count). The summed E-state index contributed by atoms with van der Waals surface area (Å²) in [6.07, 6.45) is 6.01. The maximum atomic E-state index is 12.9. The number of pyridine rings is 1. The number of benzene rings is 2. The number of nitrogens with zero attached hydrogens (tertiary/aromatic N) is 1. The van der Waals surface area contributed by atoms with E-state index in [4.69, 9.17) is 0 Å². The lowest BCUT2D eigenvalue weighted by atomic mass is 9.96. The van der Waals surface area contributed by atoms with Crippen LogP contribution in [0.4, 0.5) is 5.69 Å². The summed E-state index contributed by atoms with van der Waals surface area (Å²) in [6, 6.07) is 16.2. The van der Waals surface area contributed by atoms with Crippen molar-refractivity contribution in [1.82, 2.24) is 9.97 Å². The van der Waals surface area contributed by atoms with E-state index in [2.05, 4.69) is 14.7 Å². The van der Waals surface area contributed by atoms with E-state index < -0.39 is 10.0 Å². The molecule has 0 bridgehead atoms. The van der Waals surface area contributed by atoms with Crippen molar-refractivity contribution in [3.05, 3.63) is 84.3 Å². The van der Waals surface area contributed by atoms with E-state index in [9.17, 15) is 13.2 Å². The van der Waals surface area contributed by atoms with Gasteiger partial charge in [-0.25, -0.2) is 8.42 Å². The number of sulfonamides is 1. The lowest BCUT2D eigenvalue weighted by Gasteiger charge is -2.12. The van der Waals surface area contributed by atoms with Gasteiger partial charge in [-0.2, -0.15) is 0 Å². The molecule has 0 aliphatic carbocycles. The highest BCUT2D eigenvalue weighted by molar-refractivity contribution is 7.92. The molecule has 0 saturated heterocycles. The average Bonchev–Trinajstić information content (AvgIpc) is 3.15. The van der Waals surface area contributed by atoms with Crippen LogP contribution in [-0.4, -0.2) is 30.4 Å². The van der Waals surface area contributed by atoms with Crippen molar-refractivity contribution in [2.24, 2.45) is 0 Å². The van der Waals surface area contributed by atoms with E-state index in [0.717, 1.165) is 28.3 Å². The van der Waals surface area contributed by atoms with Gasteiger partial charge in [-0.05, 0) is 53.6 Å². The van der Waals surface area contributed by atoms with Crippen LogP contribution >= 0.6 is 0 Å². The third-order valence-electron chi connectivity index (χ3n) is 4.33. The number of rotatable bonds is 5. The van der Waals surface area contributed by atoms with Gasteiger partial charge in [0.1, 0.15) is 0 Å². The van der Waals surface area contributed by atoms with Gasteiger partial charge in [0.25, 0.3) is 0 Å². The normalized spacial score (nSPS) is 11.5. The Balaban J connectivity index is 1.90. The van der Waals surface area contributed by atoms with E-state index in [1.807, 2.05) is 30.5 Å². The Kier molecular flexibility index (Phi) is 4.44. The molecule has 7 heteroatoms. The Bertz CT molecular complexity index is 1280. The molecule has 0 fully saturated rings. The number of carbonyl (C=O) groups is 1. The first-order chi connectivity index (χ1) is 13.4. The Hall–Kier alpha value is -3.45. The summed E-state index contributed by atoms with van der Waals surface area (Å²) >= 11 is 0. The zero-order valence-electron chi connectivity index (χ0n) is 15.0. The molecule has 2 heterocycles. The molecule has 0 amide bonds. The number of fused-ring (bicyclic) bond motifs is 1. The van der Waals surface area contributed by atoms with Gasteiger partial charge in [-0.1, -0.05) is 12.1 Å². The summed E-state index contributed by atoms with van der Waals surface area (Å²) < 4.78 is 26.0. The zero-order chi connectivity index (χ0) is 19.7. The van der Waals surface area contributed by atoms with Crippen LogP contribution < -0.4 is 4.72 Å². The third kappa shape index (κ3) is 3.65. The number of aromatic amines is 1. The maximum Gasteiger partial charge on any atom is 0.229 e. The standard InChI is InChI=1S/C21H17N3O3S/c1-28(26,27)24-17-11-15(18-5-2-6-20-19(18)7-9-23-20)10-16(12-17)21(25)14-4-3-8-22-13-14/h2-13,23-24H,1H3. The summed E-state index contributed by atoms with van der Waals surface area (Å²) in [4.78, 5) is 20.1. The van der Waals surface area contributed by atoms with Gasteiger partial charge in [-0.3, -0.25) is 14.5 Å². The van der Waals surface area contributed by atoms with Gasteiger partial charge in [-0.15, -0.1) is 0 Å². The minimum Gasteiger partial charge on any atom is -0.361 e. The quantitative estimate of drug-likeness (QED) is 0.506. The van der Waals surface area contributed by atoms with Gasteiger partial charge >= 0.3 is 0 Å². The van der Waals surface area contributed by atoms with Crippen LogP contribution in [0.1, 0.15) is 15.9 Å². The number of nitrogens with one attached hydrogen (secondary N) is 2. The number of hydrogen-bond acceptors (Lipinski definition) is 4. The topological polar surface area (TPSA) is 91.9 Å². The molecule has 0 spiro atoms. The Morgan fingerprint density at radius 3 is 2.64 bits per heavy atom. The monoisotopic (exact) mass is 391 g/mol. The van der Waals surface area contributed by atoms with Crippen molar-refractivity contribution < 1.29 is 13.2 Å². The highest BCUT2D eigenvalue weighted by atomic mass is 32.2. The molecular weight excluding hydrogens is 374 g/mol. The molecule has 0 aliphatic rings. The second kappa shape index (κ2) is 6.94. The number of H-pyrrole nitrogens is 1. The minimum absolute atomic E-state index is 0.229. The molecule has 2 N–H and O–H groups in total. The van der Waals surface area contributed by atoms with Crippen LogP contribution in [0, 0.1) is 0 Å². The average molecular weight is 391 g/mol. The summed E-state index contributed by atoms with van der Waals surface area (Å²) in [5, 5.41) is 0.985. The molecule has 6 nitrogen and oxygen atoms in total. The van der Waals surface area contributed by atoms with E-state index >= 15 is 0 Å². The number of anilines is 1. The lowest BCUT2D eigenvalue weighted by molar-refractivity contribution is 0.103. The fraction of sp³-hybridized carbons (Fsp3) is 0.0476. The molecule has 2 aromatic heterocycles. The largest absolute Gasteiger partial charge is 0.361 e. The van der Waals surface area contributed by atoms with Gasteiger partial charge in [0.15, 0.2) is 5.78 Å². The van der Waals surface area contributed by atoms with Gasteiger partial charge in [0, 0.05) is 46.3 Å². The molecule has 2 aromatic carbocycles. The third-order valence-corrected chi connectivity index (χ3v) is 4.93. The Morgan fingerprint density at radius 2 is 1.89 bits per heavy atom. The predicted molar refractivity (Wildman–Crippen MR) is 110 cm³/mol. The number of ketones is 1. The van der Waals surface area contributed by atoms with Crippen molar-refractivity contribution in [3.8, 4) is 11.1 Å². The fourth-order valence-corrected chi connectivity index (χ4v) is 3.73. The van der Waals surface area contributed by atoms with Crippen LogP contribution in [0.5, 0.6) is 0 Å². The molecule has 0 radical (unpaired) electrons. The molecule has 0 atom stereocenters. The molecule has 0 saturated carbocycles. The molecule has 0 unspecified atom stereocenters. The van der Waals surface area contributed by atoms with Crippen molar-refractivity contribution in [3.63, 3.8) is 0 Å². The SMILES string of the molecule is CS(=O)(=O)Nc1cc(C(=O)c2cccnc2)cc(-c2cccc3[nH]ccc23)c1. The number of hydrogen-bond donors (Lipinski definition) is 2. The molecule has 140 valence electrons. The van der Waals surface area contributed by atoms with Crippen LogP contribution in [0.3, 0.4) is 0 Å². The first kappa shape index (κ1) is 17.9. The maximum absolute atomic E-state index is 12.9. The predicted octanol–water partition coefficient (Wildman–Crippen LogP) is 3.83. The van der Waals surface area contributed by atoms with E-state index in [-0.39, 0.29) is 5.78 Å². The highest BCUT2D eigenvalue weighted by Gasteiger charge is 2.15. The Morgan fingerprint density at radius 1 is 1.04 bits per heavy atom. The van der Waals surface area contributed by atoms with Crippen molar-refractivity contribution in [2.45, 2.75) is 0 Å². The first-order valence-corrected chi connectivity index (χ1v) is 10.4. The smallest absolute Gasteiger partial charge is 0.229 e. The Labute approximate surface area is 162 Å². The van der Waals surface area contributed by atoms with Crippen LogP contribution in [0.2, 0.25) is 0 Å². The summed E-state index contributed by atoms with van der Waals surface area (Å²) in [7, 11) is -3.49. The number of carbonyl (C=O) groups excluding carboxylic acids is 1. The summed E-state index contributed by atoms with van der Waals surface area (Å²) in [5.41, 5.74) is 3.75. The van der Waals surface area contributed by atoms with Gasteiger partial charge < -0.3 is 4.98 Å². The molecule has 28 heavy (non-hydrogen) atoms. The van der Waals surface area contributed by atoms with E-state index in [0.29, 0.717) is 16.8 Å². The van der Waals surface area contributed by atoms with Crippen LogP contribution in [-0.2, 0) is 10.0 Å².